The minimum atomic E-state index is -0.506. The number of carbonyl (C=O) groups excluding carboxylic acids is 1. The molecule has 0 radical (unpaired) electrons. The van der Waals surface area contributed by atoms with Crippen molar-refractivity contribution in [1.29, 1.82) is 0 Å². The average Bonchev–Trinajstić information content (AvgIpc) is 2.35. The predicted molar refractivity (Wildman–Crippen MR) is 75.5 cm³/mol. The van der Waals surface area contributed by atoms with E-state index in [0.29, 0.717) is 30.3 Å². The van der Waals surface area contributed by atoms with Gasteiger partial charge in [0.25, 0.3) is 0 Å². The van der Waals surface area contributed by atoms with Crippen LogP contribution in [0.4, 0.5) is 5.69 Å². The highest BCUT2D eigenvalue weighted by Crippen LogP contribution is 2.14. The molecule has 0 aliphatic carbocycles. The van der Waals surface area contributed by atoms with Crippen molar-refractivity contribution in [2.75, 3.05) is 32.1 Å². The van der Waals surface area contributed by atoms with Crippen LogP contribution in [0.25, 0.3) is 0 Å². The Kier molecular flexibility index (Phi) is 7.43. The van der Waals surface area contributed by atoms with Crippen LogP contribution in [0, 0.1) is 0 Å². The van der Waals surface area contributed by atoms with E-state index in [0.717, 1.165) is 0 Å². The molecule has 6 heteroatoms. The zero-order chi connectivity index (χ0) is 14.1. The second-order valence-electron chi connectivity index (χ2n) is 4.13. The molecule has 0 saturated heterocycles. The smallest absolute Gasteiger partial charge is 0.238 e. The molecule has 0 fully saturated rings. The van der Waals surface area contributed by atoms with E-state index in [1.54, 1.807) is 24.3 Å². The summed E-state index contributed by atoms with van der Waals surface area (Å²) in [4.78, 5) is 11.6. The molecular formula is C13H19ClN2O3. The highest BCUT2D eigenvalue weighted by atomic mass is 35.5. The first-order chi connectivity index (χ1) is 9.11. The second-order valence-corrected chi connectivity index (χ2v) is 4.57. The topological polar surface area (TPSA) is 70.6 Å². The SMILES string of the molecule is COCC(O)CCNCC(=O)Nc1cccc(Cl)c1. The number of aliphatic hydroxyl groups excluding tert-OH is 1. The molecule has 3 N–H and O–H groups in total. The number of aliphatic hydroxyl groups is 1. The molecule has 1 unspecified atom stereocenters. The maximum absolute atomic E-state index is 11.6. The normalized spacial score (nSPS) is 12.2. The van der Waals surface area contributed by atoms with Crippen LogP contribution in [0.1, 0.15) is 6.42 Å². The number of rotatable bonds is 8. The molecule has 0 aromatic heterocycles. The molecule has 1 atom stereocenters. The van der Waals surface area contributed by atoms with Crippen LogP contribution >= 0.6 is 11.6 Å². The third-order valence-electron chi connectivity index (χ3n) is 2.41. The molecule has 0 heterocycles. The predicted octanol–water partition coefficient (Wildman–Crippen LogP) is 1.27. The van der Waals surface area contributed by atoms with Gasteiger partial charge >= 0.3 is 0 Å². The number of anilines is 1. The van der Waals surface area contributed by atoms with Gasteiger partial charge in [-0.3, -0.25) is 4.79 Å². The van der Waals surface area contributed by atoms with E-state index >= 15 is 0 Å². The second kappa shape index (κ2) is 8.87. The summed E-state index contributed by atoms with van der Waals surface area (Å²) in [6.45, 7) is 1.04. The molecule has 1 aromatic carbocycles. The Morgan fingerprint density at radius 3 is 3.00 bits per heavy atom. The molecule has 106 valence electrons. The lowest BCUT2D eigenvalue weighted by Gasteiger charge is -2.10. The van der Waals surface area contributed by atoms with Crippen molar-refractivity contribution in [3.8, 4) is 0 Å². The molecule has 1 aromatic rings. The van der Waals surface area contributed by atoms with Gasteiger partial charge < -0.3 is 20.5 Å². The van der Waals surface area contributed by atoms with Crippen LogP contribution in [0.3, 0.4) is 0 Å². The Bertz CT molecular complexity index is 401. The maximum atomic E-state index is 11.6. The highest BCUT2D eigenvalue weighted by molar-refractivity contribution is 6.30. The van der Waals surface area contributed by atoms with E-state index < -0.39 is 6.10 Å². The summed E-state index contributed by atoms with van der Waals surface area (Å²) in [7, 11) is 1.54. The quantitative estimate of drug-likeness (QED) is 0.629. The molecule has 1 amide bonds. The van der Waals surface area contributed by atoms with E-state index in [2.05, 4.69) is 10.6 Å². The van der Waals surface area contributed by atoms with E-state index in [-0.39, 0.29) is 12.5 Å². The van der Waals surface area contributed by atoms with Crippen LogP contribution in [0.5, 0.6) is 0 Å². The van der Waals surface area contributed by atoms with Crippen molar-refractivity contribution < 1.29 is 14.6 Å². The summed E-state index contributed by atoms with van der Waals surface area (Å²) >= 11 is 5.81. The summed E-state index contributed by atoms with van der Waals surface area (Å²) in [5, 5.41) is 15.6. The fourth-order valence-electron chi connectivity index (χ4n) is 1.52. The van der Waals surface area contributed by atoms with Crippen molar-refractivity contribution in [2.45, 2.75) is 12.5 Å². The Morgan fingerprint density at radius 2 is 2.32 bits per heavy atom. The Balaban J connectivity index is 2.18. The fourth-order valence-corrected chi connectivity index (χ4v) is 1.71. The number of halogens is 1. The van der Waals surface area contributed by atoms with E-state index in [1.807, 2.05) is 0 Å². The van der Waals surface area contributed by atoms with Crippen LogP contribution in [-0.2, 0) is 9.53 Å². The van der Waals surface area contributed by atoms with Gasteiger partial charge in [-0.05, 0) is 31.2 Å². The molecule has 0 bridgehead atoms. The van der Waals surface area contributed by atoms with Gasteiger partial charge in [0.15, 0.2) is 0 Å². The first kappa shape index (κ1) is 15.9. The number of benzene rings is 1. The van der Waals surface area contributed by atoms with E-state index in [4.69, 9.17) is 16.3 Å². The van der Waals surface area contributed by atoms with Crippen LogP contribution in [0.15, 0.2) is 24.3 Å². The molecule has 0 spiro atoms. The van der Waals surface area contributed by atoms with Gasteiger partial charge in [0.2, 0.25) is 5.91 Å². The number of amides is 1. The summed E-state index contributed by atoms with van der Waals surface area (Å²) in [6.07, 6.45) is 0.0339. The minimum absolute atomic E-state index is 0.150. The van der Waals surface area contributed by atoms with Gasteiger partial charge in [0.05, 0.1) is 19.3 Å². The molecule has 1 rings (SSSR count). The van der Waals surface area contributed by atoms with Gasteiger partial charge in [0, 0.05) is 17.8 Å². The lowest BCUT2D eigenvalue weighted by atomic mass is 10.2. The summed E-state index contributed by atoms with van der Waals surface area (Å²) in [6, 6.07) is 6.97. The summed E-state index contributed by atoms with van der Waals surface area (Å²) < 4.78 is 4.80. The number of carbonyl (C=O) groups is 1. The maximum Gasteiger partial charge on any atom is 0.238 e. The standard InChI is InChI=1S/C13H19ClN2O3/c1-19-9-12(17)5-6-15-8-13(18)16-11-4-2-3-10(14)7-11/h2-4,7,12,15,17H,5-6,8-9H2,1H3,(H,16,18). The van der Waals surface area contributed by atoms with Crippen LogP contribution < -0.4 is 10.6 Å². The Morgan fingerprint density at radius 1 is 1.53 bits per heavy atom. The number of hydrogen-bond acceptors (Lipinski definition) is 4. The molecular weight excluding hydrogens is 268 g/mol. The zero-order valence-corrected chi connectivity index (χ0v) is 11.6. The number of ether oxygens (including phenoxy) is 1. The van der Waals surface area contributed by atoms with E-state index in [1.165, 1.54) is 7.11 Å². The van der Waals surface area contributed by atoms with Gasteiger partial charge in [-0.1, -0.05) is 17.7 Å². The molecule has 0 aliphatic rings. The zero-order valence-electron chi connectivity index (χ0n) is 10.9. The first-order valence-corrected chi connectivity index (χ1v) is 6.42. The van der Waals surface area contributed by atoms with E-state index in [9.17, 15) is 9.90 Å². The lowest BCUT2D eigenvalue weighted by Crippen LogP contribution is -2.31. The van der Waals surface area contributed by atoms with Crippen molar-refractivity contribution in [1.82, 2.24) is 5.32 Å². The van der Waals surface area contributed by atoms with Gasteiger partial charge in [-0.15, -0.1) is 0 Å². The van der Waals surface area contributed by atoms with Crippen molar-refractivity contribution in [3.05, 3.63) is 29.3 Å². The van der Waals surface area contributed by atoms with Gasteiger partial charge in [-0.25, -0.2) is 0 Å². The van der Waals surface area contributed by atoms with Crippen molar-refractivity contribution >= 4 is 23.2 Å². The monoisotopic (exact) mass is 286 g/mol. The number of nitrogens with one attached hydrogen (secondary N) is 2. The minimum Gasteiger partial charge on any atom is -0.391 e. The summed E-state index contributed by atoms with van der Waals surface area (Å²) in [5.74, 6) is -0.150. The first-order valence-electron chi connectivity index (χ1n) is 6.05. The molecule has 0 aliphatic heterocycles. The van der Waals surface area contributed by atoms with Crippen molar-refractivity contribution in [2.24, 2.45) is 0 Å². The number of hydrogen-bond donors (Lipinski definition) is 3. The van der Waals surface area contributed by atoms with Crippen LogP contribution in [0.2, 0.25) is 5.02 Å². The highest BCUT2D eigenvalue weighted by Gasteiger charge is 2.05. The Labute approximate surface area is 117 Å². The third kappa shape index (κ3) is 7.12. The van der Waals surface area contributed by atoms with Crippen molar-refractivity contribution in [3.63, 3.8) is 0 Å². The van der Waals surface area contributed by atoms with Gasteiger partial charge in [0.1, 0.15) is 0 Å². The fraction of sp³-hybridized carbons (Fsp3) is 0.462. The third-order valence-corrected chi connectivity index (χ3v) is 2.64. The molecule has 5 nitrogen and oxygen atoms in total. The largest absolute Gasteiger partial charge is 0.391 e. The Hall–Kier alpha value is -1.14. The molecule has 19 heavy (non-hydrogen) atoms. The lowest BCUT2D eigenvalue weighted by molar-refractivity contribution is -0.115. The average molecular weight is 287 g/mol. The molecule has 0 saturated carbocycles. The van der Waals surface area contributed by atoms with Gasteiger partial charge in [-0.2, -0.15) is 0 Å². The summed E-state index contributed by atoms with van der Waals surface area (Å²) in [5.41, 5.74) is 0.665. The number of methoxy groups -OCH3 is 1. The van der Waals surface area contributed by atoms with Crippen LogP contribution in [-0.4, -0.2) is 43.9 Å².